The average molecular weight is 1900 g/mol. The zero-order chi connectivity index (χ0) is 83.2. The van der Waals surface area contributed by atoms with Crippen molar-refractivity contribution in [2.24, 2.45) is 29.6 Å². The first-order valence-corrected chi connectivity index (χ1v) is 42.6. The number of carboxylic acid groups (broad SMARTS) is 1. The molecule has 11 heterocycles. The smallest absolute Gasteiger partial charge is 0.870 e. The first-order chi connectivity index (χ1) is 52.3. The summed E-state index contributed by atoms with van der Waals surface area (Å²) in [5.74, 6) is 1.41. The standard InChI is InChI=1S/C12H16Cl2N4O.C12H17ClN4O2.C12H16ClN3O3.C10H12ClN3O3.C8H15NO2.C4HCl3N2.C4H2Cl2N2O.C3H8.Cl3OP.Li.Na.2H2O/c1-17(2)11(19)8-3-5-18(6-4-8)12-15-7-9(13)10(14)16-12;1-16(2)11(19)8-3-5-17(6-4-8)12-14-7-9(13)10(18)15-12;1-2-19-11(18)8-3-5-16(6-4-8)12-14-7-9(13)10(17)15-12;11-7-5-12-10(13-8(7)15)14-3-1-6(2-4-14)9(16)17;1-2-11-8(10)7-3-5-9-6-4-7;5-2-1-8-4(7)9-3(2)6;5-2-1-7-4(6)8-3(2)9;1-3-2;1-5(2,3)4;;;;/h7-8H,3-6H2,1-2H3;7-8H,3-6H2,1-2H3,(H,14,15,18);7-8H,2-6H2,1H3,(H,14,15,17);5-6H,1-4H2,(H,16,17)(H,12,13,15);7,9H,2-6H2,1H3;1H;1H,(H,7,8,9);3H2,1-2H3;;;;2*1H2/q;;;;;;;;;2*+1;;/p-2. The van der Waals surface area contributed by atoms with Gasteiger partial charge in [-0.2, -0.15) is 4.98 Å². The van der Waals surface area contributed by atoms with Crippen molar-refractivity contribution >= 4 is 208 Å². The maximum Gasteiger partial charge on any atom is 1.00 e. The van der Waals surface area contributed by atoms with Crippen molar-refractivity contribution in [3.8, 4) is 0 Å². The van der Waals surface area contributed by atoms with E-state index in [2.05, 4.69) is 113 Å². The molecule has 5 aliphatic heterocycles. The number of carbonyl (C=O) groups is 5. The second-order valence-electron chi connectivity index (χ2n) is 24.6. The van der Waals surface area contributed by atoms with Gasteiger partial charge in [-0.1, -0.05) is 113 Å². The van der Waals surface area contributed by atoms with E-state index in [1.54, 1.807) is 44.9 Å². The molecule has 0 radical (unpaired) electrons. The van der Waals surface area contributed by atoms with Crippen LogP contribution >= 0.6 is 155 Å². The Hall–Kier alpha value is -4.29. The molecule has 5 fully saturated rings. The van der Waals surface area contributed by atoms with Crippen LogP contribution in [0.4, 0.5) is 23.8 Å². The summed E-state index contributed by atoms with van der Waals surface area (Å²) in [7, 11) is 7.12. The fourth-order valence-corrected chi connectivity index (χ4v) is 11.5. The summed E-state index contributed by atoms with van der Waals surface area (Å²) in [6.45, 7) is 16.1. The number of nitrogens with one attached hydrogen (secondary N) is 5. The SMILES string of the molecule is CCC.CCOC(=O)C1CCN(c2ncc(Cl)c(=O)[nH]2)CC1.CCOC(=O)C1CCNCC1.CN(C)C(=O)C1CCN(c2ncc(Cl)c(=O)[nH]2)CC1.CN(C)C(=O)C1CCN(c2ncc(Cl)c(Cl)n2)CC1.Clc1ncc(Cl)c(Cl)n1.O=C(O)C1CCN(c2ncc(Cl)c(=O)[nH]2)CC1.O=P(Cl)(Cl)Cl.O=c1[nH]c(Cl)ncc1Cl.[Li+].[Na+].[OH-].[OH-]. The minimum atomic E-state index is -3.22. The first-order valence-electron chi connectivity index (χ1n) is 34.4. The summed E-state index contributed by atoms with van der Waals surface area (Å²) in [4.78, 5) is 154. The van der Waals surface area contributed by atoms with Gasteiger partial charge in [-0.05, 0) is 148 Å². The summed E-state index contributed by atoms with van der Waals surface area (Å²) in [5, 5.41) is 10.3. The van der Waals surface area contributed by atoms with Crippen molar-refractivity contribution in [3.63, 3.8) is 0 Å². The molecule has 2 amide bonds. The number of aromatic amines is 4. The predicted octanol–water partition coefficient (Wildman–Crippen LogP) is 6.69. The maximum absolute atomic E-state index is 11.9. The maximum atomic E-state index is 11.9. The van der Waals surface area contributed by atoms with Gasteiger partial charge in [-0.25, -0.2) is 34.9 Å². The van der Waals surface area contributed by atoms with E-state index in [4.69, 9.17) is 131 Å². The number of amides is 2. The molecule has 6 aromatic rings. The quantitative estimate of drug-likeness (QED) is 0.0259. The molecule has 50 heteroatoms. The third-order valence-corrected chi connectivity index (χ3v) is 18.8. The minimum absolute atomic E-state index is 0. The molecule has 34 nitrogen and oxygen atoms in total. The van der Waals surface area contributed by atoms with Crippen LogP contribution in [0.3, 0.4) is 0 Å². The number of anilines is 4. The molecule has 5 aliphatic rings. The van der Waals surface area contributed by atoms with E-state index in [1.807, 2.05) is 26.5 Å². The van der Waals surface area contributed by atoms with E-state index in [-0.39, 0.29) is 170 Å². The largest absolute Gasteiger partial charge is 1.00 e. The number of hydrogen-bond donors (Lipinski definition) is 6. The zero-order valence-corrected chi connectivity index (χ0v) is 77.2. The average Bonchev–Trinajstić information content (AvgIpc) is 0.810. The van der Waals surface area contributed by atoms with E-state index >= 15 is 0 Å². The number of hydrogen-bond acceptors (Lipinski definition) is 27. The fraction of sp³-hybridized carbons (Fsp3) is 0.554. The Labute approximate surface area is 762 Å². The van der Waals surface area contributed by atoms with Crippen molar-refractivity contribution in [3.05, 3.63) is 130 Å². The number of nitrogens with zero attached hydrogens (tertiary/aromatic N) is 14. The summed E-state index contributed by atoms with van der Waals surface area (Å²) in [6.07, 6.45) is 16.8. The Bertz CT molecular complexity index is 4230. The molecule has 0 aliphatic carbocycles. The van der Waals surface area contributed by atoms with Crippen LogP contribution in [-0.2, 0) is 38.0 Å². The number of aromatic nitrogens is 12. The Morgan fingerprint density at radius 3 is 1.03 bits per heavy atom. The second kappa shape index (κ2) is 59.4. The van der Waals surface area contributed by atoms with Crippen LogP contribution in [0.2, 0.25) is 51.0 Å². The predicted molar refractivity (Wildman–Crippen MR) is 442 cm³/mol. The number of aliphatic carboxylic acids is 1. The van der Waals surface area contributed by atoms with Gasteiger partial charge in [0, 0.05) is 92.4 Å². The van der Waals surface area contributed by atoms with Crippen molar-refractivity contribution in [2.45, 2.75) is 98.3 Å². The molecular formula is C65H89Cl13LiN19NaO15P. The summed E-state index contributed by atoms with van der Waals surface area (Å²) in [5.41, 5.74) is -1.48. The number of halogens is 13. The van der Waals surface area contributed by atoms with Gasteiger partial charge in [-0.15, -0.1) is 0 Å². The summed E-state index contributed by atoms with van der Waals surface area (Å²) < 4.78 is 19.4. The third-order valence-electron chi connectivity index (χ3n) is 16.0. The van der Waals surface area contributed by atoms with Crippen LogP contribution in [0.1, 0.15) is 98.3 Å². The number of carbonyl (C=O) groups excluding carboxylic acids is 4. The monoisotopic (exact) mass is 1890 g/mol. The van der Waals surface area contributed by atoms with Crippen LogP contribution in [0.15, 0.2) is 56.4 Å². The van der Waals surface area contributed by atoms with Crippen LogP contribution in [-0.4, -0.2) is 222 Å². The number of ether oxygens (including phenoxy) is 2. The van der Waals surface area contributed by atoms with Crippen molar-refractivity contribution in [1.29, 1.82) is 0 Å². The van der Waals surface area contributed by atoms with E-state index in [1.165, 1.54) is 43.6 Å². The molecule has 5 saturated heterocycles. The number of H-pyrrole nitrogens is 4. The molecular weight excluding hydrogens is 1810 g/mol. The Balaban J connectivity index is 0. The molecule has 0 saturated carbocycles. The minimum Gasteiger partial charge on any atom is -0.870 e. The van der Waals surface area contributed by atoms with Gasteiger partial charge >= 0.3 is 71.5 Å². The van der Waals surface area contributed by atoms with Crippen LogP contribution < -0.4 is 95.6 Å². The van der Waals surface area contributed by atoms with Gasteiger partial charge in [0.15, 0.2) is 10.3 Å². The number of carboxylic acids is 1. The normalized spacial score (nSPS) is 14.8. The third kappa shape index (κ3) is 43.2. The fourth-order valence-electron chi connectivity index (χ4n) is 10.4. The topological polar surface area (TPSA) is 467 Å². The molecule has 11 rings (SSSR count). The molecule has 8 N–H and O–H groups in total. The summed E-state index contributed by atoms with van der Waals surface area (Å²) >= 11 is 69.3. The van der Waals surface area contributed by atoms with Gasteiger partial charge in [0.1, 0.15) is 20.1 Å². The molecule has 6 aromatic heterocycles. The van der Waals surface area contributed by atoms with Crippen LogP contribution in [0.5, 0.6) is 0 Å². The van der Waals surface area contributed by atoms with Gasteiger partial charge in [-0.3, -0.25) is 67.7 Å². The first kappa shape index (κ1) is 113. The van der Waals surface area contributed by atoms with E-state index in [0.717, 1.165) is 64.7 Å². The number of rotatable bonds is 11. The Morgan fingerprint density at radius 1 is 0.452 bits per heavy atom. The van der Waals surface area contributed by atoms with E-state index < -0.39 is 16.7 Å². The molecule has 632 valence electrons. The molecule has 0 atom stereocenters. The van der Waals surface area contributed by atoms with Crippen molar-refractivity contribution in [1.82, 2.24) is 74.9 Å². The van der Waals surface area contributed by atoms with Gasteiger partial charge in [0.25, 0.3) is 22.2 Å². The molecule has 115 heavy (non-hydrogen) atoms. The Kier molecular flexibility index (Phi) is 58.3. The molecule has 0 unspecified atom stereocenters. The van der Waals surface area contributed by atoms with Crippen LogP contribution in [0.25, 0.3) is 0 Å². The second-order valence-corrected chi connectivity index (χ2v) is 35.1. The van der Waals surface area contributed by atoms with E-state index in [9.17, 15) is 47.7 Å². The van der Waals surface area contributed by atoms with Gasteiger partial charge in [0.05, 0.1) is 78.2 Å². The summed E-state index contributed by atoms with van der Waals surface area (Å²) in [6, 6.07) is 0. The molecule has 0 aromatic carbocycles. The zero-order valence-electron chi connectivity index (χ0n) is 64.5. The van der Waals surface area contributed by atoms with E-state index in [0.29, 0.717) is 112 Å². The number of esters is 2. The molecule has 0 spiro atoms. The van der Waals surface area contributed by atoms with Gasteiger partial charge in [0.2, 0.25) is 46.2 Å². The molecule has 0 bridgehead atoms. The van der Waals surface area contributed by atoms with Crippen LogP contribution in [0, 0.1) is 29.6 Å². The van der Waals surface area contributed by atoms with Crippen molar-refractivity contribution < 1.29 is 102 Å². The number of piperidine rings is 5. The van der Waals surface area contributed by atoms with Crippen molar-refractivity contribution in [2.75, 3.05) is 126 Å². The van der Waals surface area contributed by atoms with Gasteiger partial charge < -0.3 is 60.2 Å². The Morgan fingerprint density at radius 2 is 0.739 bits per heavy atom.